The molecule has 0 unspecified atom stereocenters. The highest BCUT2D eigenvalue weighted by atomic mass is 35.5. The number of aromatic carboxylic acids is 1. The fourth-order valence-electron chi connectivity index (χ4n) is 1.74. The molecule has 10 heteroatoms. The number of hydrogen-bond acceptors (Lipinski definition) is 5. The first-order chi connectivity index (χ1) is 10.2. The van der Waals surface area contributed by atoms with Gasteiger partial charge < -0.3 is 9.84 Å². The molecule has 2 N–H and O–H groups in total. The number of nitrogens with one attached hydrogen (secondary N) is 1. The molecule has 22 heavy (non-hydrogen) atoms. The van der Waals surface area contributed by atoms with Gasteiger partial charge in [0.1, 0.15) is 16.2 Å². The number of hydrogen-bond donors (Lipinski definition) is 2. The fourth-order valence-corrected chi connectivity index (χ4v) is 3.28. The lowest BCUT2D eigenvalue weighted by Gasteiger charge is -2.11. The lowest BCUT2D eigenvalue weighted by atomic mass is 10.2. The molecule has 0 aliphatic heterocycles. The first-order valence-electron chi connectivity index (χ1n) is 5.88. The minimum absolute atomic E-state index is 0.111. The first-order valence-corrected chi connectivity index (χ1v) is 7.74. The van der Waals surface area contributed by atoms with Crippen LogP contribution in [0.25, 0.3) is 0 Å². The number of anilines is 1. The Bertz CT molecular complexity index is 831. The summed E-state index contributed by atoms with van der Waals surface area (Å²) in [7, 11) is -1.17. The Labute approximate surface area is 131 Å². The van der Waals surface area contributed by atoms with Gasteiger partial charge in [0, 0.05) is 25.4 Å². The molecule has 0 radical (unpaired) electrons. The number of nitrogens with zero attached hydrogens (tertiary/aromatic N) is 2. The number of aromatic nitrogens is 2. The fraction of sp³-hybridized carbons (Fsp3) is 0.167. The van der Waals surface area contributed by atoms with E-state index in [1.807, 2.05) is 0 Å². The van der Waals surface area contributed by atoms with Gasteiger partial charge in [-0.05, 0) is 6.07 Å². The van der Waals surface area contributed by atoms with Crippen molar-refractivity contribution < 1.29 is 23.1 Å². The number of benzene rings is 1. The Kier molecular flexibility index (Phi) is 4.29. The maximum absolute atomic E-state index is 12.3. The van der Waals surface area contributed by atoms with Crippen molar-refractivity contribution in [2.45, 2.75) is 4.90 Å². The highest BCUT2D eigenvalue weighted by Crippen LogP contribution is 2.31. The quantitative estimate of drug-likeness (QED) is 0.851. The van der Waals surface area contributed by atoms with Crippen LogP contribution < -0.4 is 9.46 Å². The number of aryl methyl sites for hydroxylation is 1. The predicted molar refractivity (Wildman–Crippen MR) is 79.0 cm³/mol. The molecule has 0 saturated heterocycles. The van der Waals surface area contributed by atoms with Crippen LogP contribution >= 0.6 is 11.6 Å². The zero-order valence-electron chi connectivity index (χ0n) is 11.6. The number of sulfonamides is 1. The van der Waals surface area contributed by atoms with E-state index in [0.29, 0.717) is 0 Å². The molecule has 0 atom stereocenters. The van der Waals surface area contributed by atoms with Crippen molar-refractivity contribution in [3.05, 3.63) is 35.0 Å². The summed E-state index contributed by atoms with van der Waals surface area (Å²) in [6.07, 6.45) is 1.56. The maximum atomic E-state index is 12.3. The SMILES string of the molecule is COc1cc(S(=O)(=O)Nc2ccn(C)n2)c(Cl)cc1C(=O)O. The van der Waals surface area contributed by atoms with Gasteiger partial charge in [-0.2, -0.15) is 5.10 Å². The minimum Gasteiger partial charge on any atom is -0.496 e. The van der Waals surface area contributed by atoms with Crippen LogP contribution in [0.5, 0.6) is 5.75 Å². The third-order valence-corrected chi connectivity index (χ3v) is 4.55. The van der Waals surface area contributed by atoms with Crippen LogP contribution in [0, 0.1) is 0 Å². The highest BCUT2D eigenvalue weighted by molar-refractivity contribution is 7.92. The Balaban J connectivity index is 2.49. The van der Waals surface area contributed by atoms with Gasteiger partial charge in [-0.25, -0.2) is 13.2 Å². The van der Waals surface area contributed by atoms with Gasteiger partial charge in [0.2, 0.25) is 0 Å². The molecular weight excluding hydrogens is 334 g/mol. The van der Waals surface area contributed by atoms with Crippen LogP contribution in [-0.2, 0) is 17.1 Å². The second kappa shape index (κ2) is 5.85. The van der Waals surface area contributed by atoms with Crippen molar-refractivity contribution in [2.75, 3.05) is 11.8 Å². The first kappa shape index (κ1) is 16.1. The maximum Gasteiger partial charge on any atom is 0.339 e. The zero-order chi connectivity index (χ0) is 16.5. The van der Waals surface area contributed by atoms with E-state index in [0.717, 1.165) is 12.1 Å². The monoisotopic (exact) mass is 345 g/mol. The summed E-state index contributed by atoms with van der Waals surface area (Å²) in [5, 5.41) is 12.7. The molecule has 1 aromatic carbocycles. The van der Waals surface area contributed by atoms with Crippen molar-refractivity contribution in [3.63, 3.8) is 0 Å². The third-order valence-electron chi connectivity index (χ3n) is 2.73. The standard InChI is InChI=1S/C12H12ClN3O5S/c1-16-4-3-11(14-16)15-22(19,20)10-6-9(21-2)7(12(17)18)5-8(10)13/h3-6H,1-2H3,(H,14,15)(H,17,18). The van der Waals surface area contributed by atoms with Gasteiger partial charge in [0.25, 0.3) is 10.0 Å². The third kappa shape index (κ3) is 3.15. The number of carbonyl (C=O) groups is 1. The lowest BCUT2D eigenvalue weighted by Crippen LogP contribution is -2.15. The summed E-state index contributed by atoms with van der Waals surface area (Å²) in [6.45, 7) is 0. The van der Waals surface area contributed by atoms with Crippen LogP contribution in [0.15, 0.2) is 29.3 Å². The molecule has 0 saturated carbocycles. The molecule has 1 aromatic heterocycles. The molecule has 0 aliphatic carbocycles. The zero-order valence-corrected chi connectivity index (χ0v) is 13.1. The second-order valence-corrected chi connectivity index (χ2v) is 6.33. The van der Waals surface area contributed by atoms with Gasteiger partial charge >= 0.3 is 5.97 Å². The topological polar surface area (TPSA) is 111 Å². The van der Waals surface area contributed by atoms with Crippen molar-refractivity contribution >= 4 is 33.4 Å². The number of ether oxygens (including phenoxy) is 1. The van der Waals surface area contributed by atoms with E-state index in [1.165, 1.54) is 17.9 Å². The van der Waals surface area contributed by atoms with Crippen molar-refractivity contribution in [1.29, 1.82) is 0 Å². The van der Waals surface area contributed by atoms with Crippen LogP contribution in [0.1, 0.15) is 10.4 Å². The molecule has 2 aromatic rings. The Morgan fingerprint density at radius 2 is 2.14 bits per heavy atom. The van der Waals surface area contributed by atoms with E-state index >= 15 is 0 Å². The smallest absolute Gasteiger partial charge is 0.339 e. The average Bonchev–Trinajstić information content (AvgIpc) is 2.82. The van der Waals surface area contributed by atoms with Gasteiger partial charge in [0.05, 0.1) is 12.1 Å². The van der Waals surface area contributed by atoms with Gasteiger partial charge in [0.15, 0.2) is 5.82 Å². The molecule has 118 valence electrons. The van der Waals surface area contributed by atoms with E-state index < -0.39 is 16.0 Å². The van der Waals surface area contributed by atoms with Gasteiger partial charge in [-0.15, -0.1) is 0 Å². The van der Waals surface area contributed by atoms with Gasteiger partial charge in [-0.3, -0.25) is 9.40 Å². The van der Waals surface area contributed by atoms with E-state index in [-0.39, 0.29) is 27.0 Å². The summed E-state index contributed by atoms with van der Waals surface area (Å²) in [5.74, 6) is -1.28. The lowest BCUT2D eigenvalue weighted by molar-refractivity contribution is 0.0693. The highest BCUT2D eigenvalue weighted by Gasteiger charge is 2.24. The Morgan fingerprint density at radius 1 is 1.45 bits per heavy atom. The summed E-state index contributed by atoms with van der Waals surface area (Å²) in [4.78, 5) is 10.8. The molecule has 8 nitrogen and oxygen atoms in total. The molecule has 1 heterocycles. The minimum atomic E-state index is -4.04. The van der Waals surface area contributed by atoms with Crippen LogP contribution in [0.3, 0.4) is 0 Å². The normalized spacial score (nSPS) is 11.2. The average molecular weight is 346 g/mol. The molecule has 0 spiro atoms. The molecule has 0 aliphatic rings. The second-order valence-electron chi connectivity index (χ2n) is 4.27. The van der Waals surface area contributed by atoms with Crippen LogP contribution in [-0.4, -0.2) is 36.4 Å². The molecule has 0 amide bonds. The van der Waals surface area contributed by atoms with E-state index in [1.54, 1.807) is 13.2 Å². The Hall–Kier alpha value is -2.26. The van der Waals surface area contributed by atoms with E-state index in [4.69, 9.17) is 21.4 Å². The largest absolute Gasteiger partial charge is 0.496 e. The molecule has 0 fully saturated rings. The number of carboxylic acid groups (broad SMARTS) is 1. The van der Waals surface area contributed by atoms with E-state index in [2.05, 4.69) is 9.82 Å². The van der Waals surface area contributed by atoms with Crippen LogP contribution in [0.2, 0.25) is 5.02 Å². The number of methoxy groups -OCH3 is 1. The number of halogens is 1. The van der Waals surface area contributed by atoms with Crippen molar-refractivity contribution in [1.82, 2.24) is 9.78 Å². The number of carboxylic acids is 1. The van der Waals surface area contributed by atoms with Crippen molar-refractivity contribution in [2.24, 2.45) is 7.05 Å². The van der Waals surface area contributed by atoms with Crippen LogP contribution in [0.4, 0.5) is 5.82 Å². The Morgan fingerprint density at radius 3 is 2.64 bits per heavy atom. The summed E-state index contributed by atoms with van der Waals surface area (Å²) in [6, 6.07) is 3.54. The molecule has 2 rings (SSSR count). The summed E-state index contributed by atoms with van der Waals surface area (Å²) >= 11 is 5.89. The van der Waals surface area contributed by atoms with E-state index in [9.17, 15) is 13.2 Å². The van der Waals surface area contributed by atoms with Crippen molar-refractivity contribution in [3.8, 4) is 5.75 Å². The predicted octanol–water partition coefficient (Wildman–Crippen LogP) is 1.58. The summed E-state index contributed by atoms with van der Waals surface area (Å²) in [5.41, 5.74) is -0.232. The summed E-state index contributed by atoms with van der Waals surface area (Å²) < 4.78 is 33.2. The molecule has 0 bridgehead atoms. The molecular formula is C12H12ClN3O5S. The number of rotatable bonds is 5. The van der Waals surface area contributed by atoms with Gasteiger partial charge in [-0.1, -0.05) is 11.6 Å².